The van der Waals surface area contributed by atoms with Crippen molar-refractivity contribution >= 4 is 0 Å². The summed E-state index contributed by atoms with van der Waals surface area (Å²) in [6.45, 7) is 9.10. The molecule has 0 aliphatic heterocycles. The molecule has 0 bridgehead atoms. The van der Waals surface area contributed by atoms with Gasteiger partial charge < -0.3 is 11.5 Å². The van der Waals surface area contributed by atoms with Crippen LogP contribution in [0.3, 0.4) is 0 Å². The van der Waals surface area contributed by atoms with E-state index in [1.54, 1.807) is 6.08 Å². The molecule has 0 aromatic rings. The largest absolute Gasteiger partial charge is 0.330 e. The van der Waals surface area contributed by atoms with Crippen LogP contribution in [0.25, 0.3) is 0 Å². The van der Waals surface area contributed by atoms with Crippen LogP contribution in [0.5, 0.6) is 0 Å². The van der Waals surface area contributed by atoms with Crippen molar-refractivity contribution in [1.82, 2.24) is 0 Å². The van der Waals surface area contributed by atoms with Crippen molar-refractivity contribution in [1.29, 1.82) is 0 Å². The predicted molar refractivity (Wildman–Crippen MR) is 84.4 cm³/mol. The maximum atomic E-state index is 5.34. The lowest BCUT2D eigenvalue weighted by Crippen LogP contribution is -1.97. The van der Waals surface area contributed by atoms with E-state index in [4.69, 9.17) is 11.5 Å². The van der Waals surface area contributed by atoms with Gasteiger partial charge in [0, 0.05) is 0 Å². The summed E-state index contributed by atoms with van der Waals surface area (Å²) in [5, 5.41) is 0. The lowest BCUT2D eigenvalue weighted by Gasteiger charge is -1.92. The van der Waals surface area contributed by atoms with Crippen molar-refractivity contribution in [2.24, 2.45) is 11.5 Å². The number of allylic oxidation sites excluding steroid dienone is 7. The van der Waals surface area contributed by atoms with E-state index < -0.39 is 0 Å². The molecule has 2 heteroatoms. The third kappa shape index (κ3) is 20.1. The van der Waals surface area contributed by atoms with Crippen LogP contribution >= 0.6 is 0 Å². The van der Waals surface area contributed by atoms with Gasteiger partial charge in [0.05, 0.1) is 0 Å². The molecule has 0 aliphatic carbocycles. The van der Waals surface area contributed by atoms with Gasteiger partial charge in [-0.15, -0.1) is 0 Å². The first-order valence-corrected chi connectivity index (χ1v) is 6.35. The summed E-state index contributed by atoms with van der Waals surface area (Å²) in [6.07, 6.45) is 17.6. The Balaban J connectivity index is 0. The van der Waals surface area contributed by atoms with E-state index in [1.807, 2.05) is 43.4 Å². The molecular formula is C16H28N2. The van der Waals surface area contributed by atoms with Gasteiger partial charge in [-0.2, -0.15) is 0 Å². The highest BCUT2D eigenvalue weighted by molar-refractivity contribution is 5.09. The van der Waals surface area contributed by atoms with Gasteiger partial charge in [0.2, 0.25) is 0 Å². The zero-order chi connectivity index (χ0) is 14.1. The third-order valence-electron chi connectivity index (χ3n) is 1.94. The first-order chi connectivity index (χ1) is 8.72. The summed E-state index contributed by atoms with van der Waals surface area (Å²) < 4.78 is 0. The quantitative estimate of drug-likeness (QED) is 0.678. The first kappa shape index (κ1) is 19.0. The van der Waals surface area contributed by atoms with Crippen LogP contribution in [0, 0.1) is 0 Å². The number of hydrogen-bond acceptors (Lipinski definition) is 2. The standard InChI is InChI=1S/C8H15N.C8H13N/c1-3-4-5-8(2)6-7-9;1-2-3-4-5-6-7-8-9/h3-5H,6-7,9H2,1-2H3;2-6H,1,7-9H2/b4-3-,8-5+;4-3-,6-5+. The molecular weight excluding hydrogens is 220 g/mol. The Hall–Kier alpha value is -1.38. The van der Waals surface area contributed by atoms with Crippen molar-refractivity contribution in [2.45, 2.75) is 26.7 Å². The highest BCUT2D eigenvalue weighted by atomic mass is 14.5. The lowest BCUT2D eigenvalue weighted by molar-refractivity contribution is 0.950. The van der Waals surface area contributed by atoms with Gasteiger partial charge in [0.25, 0.3) is 0 Å². The molecule has 2 nitrogen and oxygen atoms in total. The van der Waals surface area contributed by atoms with E-state index in [0.717, 1.165) is 25.9 Å². The Bertz CT molecular complexity index is 283. The van der Waals surface area contributed by atoms with Crippen molar-refractivity contribution in [2.75, 3.05) is 13.1 Å². The molecule has 4 N–H and O–H groups in total. The zero-order valence-corrected chi connectivity index (χ0v) is 11.8. The summed E-state index contributed by atoms with van der Waals surface area (Å²) in [4.78, 5) is 0. The fraction of sp³-hybridized carbons (Fsp3) is 0.375. The van der Waals surface area contributed by atoms with Crippen LogP contribution in [0.15, 0.2) is 60.8 Å². The van der Waals surface area contributed by atoms with E-state index >= 15 is 0 Å². The van der Waals surface area contributed by atoms with Crippen LogP contribution in [0.4, 0.5) is 0 Å². The van der Waals surface area contributed by atoms with Gasteiger partial charge in [0.15, 0.2) is 0 Å². The summed E-state index contributed by atoms with van der Waals surface area (Å²) in [5.41, 5.74) is 11.9. The Kier molecular flexibility index (Phi) is 19.0. The number of nitrogens with two attached hydrogens (primary N) is 2. The fourth-order valence-electron chi connectivity index (χ4n) is 0.985. The minimum absolute atomic E-state index is 0.721. The van der Waals surface area contributed by atoms with Crippen LogP contribution in [0.2, 0.25) is 0 Å². The molecule has 0 atom stereocenters. The van der Waals surface area contributed by atoms with Gasteiger partial charge in [-0.25, -0.2) is 0 Å². The SMILES string of the molecule is C/C=C\C=C(/C)CCN.C=C/C=C\C=C\CCN. The molecule has 0 aliphatic rings. The van der Waals surface area contributed by atoms with Gasteiger partial charge in [-0.05, 0) is 39.8 Å². The summed E-state index contributed by atoms with van der Waals surface area (Å²) in [5.74, 6) is 0. The molecule has 0 heterocycles. The topological polar surface area (TPSA) is 52.0 Å². The average molecular weight is 248 g/mol. The third-order valence-corrected chi connectivity index (χ3v) is 1.94. The van der Waals surface area contributed by atoms with E-state index in [1.165, 1.54) is 5.57 Å². The summed E-state index contributed by atoms with van der Waals surface area (Å²) in [6, 6.07) is 0. The monoisotopic (exact) mass is 248 g/mol. The molecule has 0 unspecified atom stereocenters. The van der Waals surface area contributed by atoms with Crippen molar-refractivity contribution < 1.29 is 0 Å². The van der Waals surface area contributed by atoms with Gasteiger partial charge in [-0.1, -0.05) is 60.8 Å². The molecule has 0 aromatic heterocycles. The average Bonchev–Trinajstić information content (AvgIpc) is 2.37. The van der Waals surface area contributed by atoms with Crippen molar-refractivity contribution in [3.8, 4) is 0 Å². The maximum Gasteiger partial charge on any atom is -0.00399 e. The minimum Gasteiger partial charge on any atom is -0.330 e. The van der Waals surface area contributed by atoms with Crippen LogP contribution < -0.4 is 11.5 Å². The van der Waals surface area contributed by atoms with Crippen molar-refractivity contribution in [3.63, 3.8) is 0 Å². The molecule has 0 saturated carbocycles. The Morgan fingerprint density at radius 1 is 1.06 bits per heavy atom. The summed E-state index contributed by atoms with van der Waals surface area (Å²) >= 11 is 0. The second kappa shape index (κ2) is 18.0. The zero-order valence-electron chi connectivity index (χ0n) is 11.8. The second-order valence-corrected chi connectivity index (χ2v) is 3.70. The highest BCUT2D eigenvalue weighted by Gasteiger charge is 1.81. The highest BCUT2D eigenvalue weighted by Crippen LogP contribution is 1.96. The Morgan fingerprint density at radius 3 is 2.28 bits per heavy atom. The van der Waals surface area contributed by atoms with Crippen molar-refractivity contribution in [3.05, 3.63) is 60.8 Å². The van der Waals surface area contributed by atoms with Gasteiger partial charge >= 0.3 is 0 Å². The predicted octanol–water partition coefficient (Wildman–Crippen LogP) is 3.49. The van der Waals surface area contributed by atoms with E-state index in [0.29, 0.717) is 0 Å². The molecule has 0 radical (unpaired) electrons. The molecule has 0 rings (SSSR count). The van der Waals surface area contributed by atoms with Crippen LogP contribution in [0.1, 0.15) is 26.7 Å². The Labute approximate surface area is 112 Å². The molecule has 0 amide bonds. The van der Waals surface area contributed by atoms with Crippen LogP contribution in [-0.4, -0.2) is 13.1 Å². The molecule has 0 fully saturated rings. The second-order valence-electron chi connectivity index (χ2n) is 3.70. The summed E-state index contributed by atoms with van der Waals surface area (Å²) in [7, 11) is 0. The number of hydrogen-bond donors (Lipinski definition) is 2. The van der Waals surface area contributed by atoms with Gasteiger partial charge in [0.1, 0.15) is 0 Å². The van der Waals surface area contributed by atoms with E-state index in [-0.39, 0.29) is 0 Å². The lowest BCUT2D eigenvalue weighted by atomic mass is 10.2. The molecule has 18 heavy (non-hydrogen) atoms. The van der Waals surface area contributed by atoms with E-state index in [9.17, 15) is 0 Å². The van der Waals surface area contributed by atoms with Gasteiger partial charge in [-0.3, -0.25) is 0 Å². The maximum absolute atomic E-state index is 5.34. The number of rotatable bonds is 7. The minimum atomic E-state index is 0.721. The first-order valence-electron chi connectivity index (χ1n) is 6.35. The molecule has 0 saturated heterocycles. The molecule has 102 valence electrons. The fourth-order valence-corrected chi connectivity index (χ4v) is 0.985. The molecule has 0 aromatic carbocycles. The normalized spacial score (nSPS) is 12.1. The van der Waals surface area contributed by atoms with E-state index in [2.05, 4.69) is 19.6 Å². The smallest absolute Gasteiger partial charge is 0.00399 e. The molecule has 0 spiro atoms. The Morgan fingerprint density at radius 2 is 1.78 bits per heavy atom. The van der Waals surface area contributed by atoms with Crippen LogP contribution in [-0.2, 0) is 0 Å².